The van der Waals surface area contributed by atoms with E-state index >= 15 is 0 Å². The van der Waals surface area contributed by atoms with Crippen LogP contribution in [0.25, 0.3) is 11.6 Å². The third-order valence-corrected chi connectivity index (χ3v) is 3.93. The summed E-state index contributed by atoms with van der Waals surface area (Å²) in [6, 6.07) is 13.7. The van der Waals surface area contributed by atoms with Crippen LogP contribution in [0, 0.1) is 6.92 Å². The molecule has 0 aromatic heterocycles. The maximum Gasteiger partial charge on any atom is 0.308 e. The van der Waals surface area contributed by atoms with Crippen LogP contribution in [0.3, 0.4) is 0 Å². The highest BCUT2D eigenvalue weighted by molar-refractivity contribution is 5.87. The molecular formula is C21H20O3. The quantitative estimate of drug-likeness (QED) is 0.461. The number of fused-ring (bicyclic) bond motifs is 1. The van der Waals surface area contributed by atoms with Gasteiger partial charge in [0.15, 0.2) is 0 Å². The molecule has 1 atom stereocenters. The monoisotopic (exact) mass is 320 g/mol. The summed E-state index contributed by atoms with van der Waals surface area (Å²) in [4.78, 5) is 11.0. The minimum absolute atomic E-state index is 0.0728. The van der Waals surface area contributed by atoms with Crippen molar-refractivity contribution in [3.63, 3.8) is 0 Å². The summed E-state index contributed by atoms with van der Waals surface area (Å²) in [5.41, 5.74) is 4.39. The van der Waals surface area contributed by atoms with Gasteiger partial charge in [-0.2, -0.15) is 0 Å². The van der Waals surface area contributed by atoms with E-state index in [0.29, 0.717) is 5.75 Å². The second kappa shape index (κ2) is 6.75. The van der Waals surface area contributed by atoms with Crippen molar-refractivity contribution in [2.45, 2.75) is 26.4 Å². The summed E-state index contributed by atoms with van der Waals surface area (Å²) >= 11 is 0. The number of aryl methyl sites for hydroxylation is 1. The molecule has 0 amide bonds. The van der Waals surface area contributed by atoms with Gasteiger partial charge in [-0.3, -0.25) is 4.79 Å². The summed E-state index contributed by atoms with van der Waals surface area (Å²) in [6.45, 7) is 7.29. The molecule has 3 rings (SSSR count). The fourth-order valence-corrected chi connectivity index (χ4v) is 2.82. The zero-order chi connectivity index (χ0) is 17.1. The van der Waals surface area contributed by atoms with Crippen molar-refractivity contribution in [2.24, 2.45) is 0 Å². The highest BCUT2D eigenvalue weighted by atomic mass is 16.5. The Balaban J connectivity index is 1.97. The zero-order valence-electron chi connectivity index (χ0n) is 13.9. The lowest BCUT2D eigenvalue weighted by atomic mass is 9.93. The molecule has 0 N–H and O–H groups in total. The molecular weight excluding hydrogens is 300 g/mol. The molecule has 122 valence electrons. The number of rotatable bonds is 4. The van der Waals surface area contributed by atoms with Crippen molar-refractivity contribution in [3.05, 3.63) is 71.8 Å². The Kier molecular flexibility index (Phi) is 4.52. The largest absolute Gasteiger partial charge is 0.485 e. The minimum Gasteiger partial charge on any atom is -0.485 e. The highest BCUT2D eigenvalue weighted by Gasteiger charge is 2.23. The van der Waals surface area contributed by atoms with Gasteiger partial charge in [0, 0.05) is 24.5 Å². The molecule has 0 aliphatic carbocycles. The normalized spacial score (nSPS) is 15.8. The fourth-order valence-electron chi connectivity index (χ4n) is 2.82. The molecule has 0 fully saturated rings. The molecule has 0 spiro atoms. The highest BCUT2D eigenvalue weighted by Crippen LogP contribution is 2.36. The Hall–Kier alpha value is -2.81. The lowest BCUT2D eigenvalue weighted by Crippen LogP contribution is -2.21. The molecule has 0 radical (unpaired) electrons. The fraction of sp³-hybridized carbons (Fsp3) is 0.190. The van der Waals surface area contributed by atoms with Crippen molar-refractivity contribution in [1.29, 1.82) is 0 Å². The van der Waals surface area contributed by atoms with E-state index in [1.54, 1.807) is 12.1 Å². The average molecular weight is 320 g/mol. The lowest BCUT2D eigenvalue weighted by molar-refractivity contribution is -0.131. The molecule has 0 saturated carbocycles. The van der Waals surface area contributed by atoms with Crippen LogP contribution < -0.4 is 9.47 Å². The number of esters is 1. The van der Waals surface area contributed by atoms with Crippen LogP contribution in [0.4, 0.5) is 0 Å². The van der Waals surface area contributed by atoms with Gasteiger partial charge in [0.05, 0.1) is 0 Å². The van der Waals surface area contributed by atoms with Crippen LogP contribution in [-0.4, -0.2) is 12.1 Å². The first-order valence-corrected chi connectivity index (χ1v) is 7.95. The number of ether oxygens (including phenoxy) is 2. The zero-order valence-corrected chi connectivity index (χ0v) is 13.9. The summed E-state index contributed by atoms with van der Waals surface area (Å²) < 4.78 is 11.3. The van der Waals surface area contributed by atoms with Gasteiger partial charge in [-0.1, -0.05) is 30.3 Å². The van der Waals surface area contributed by atoms with Gasteiger partial charge < -0.3 is 9.47 Å². The van der Waals surface area contributed by atoms with E-state index < -0.39 is 0 Å². The first kappa shape index (κ1) is 16.1. The van der Waals surface area contributed by atoms with E-state index in [2.05, 4.69) is 37.8 Å². The molecule has 1 heterocycles. The van der Waals surface area contributed by atoms with Gasteiger partial charge in [0.25, 0.3) is 0 Å². The Labute approximate surface area is 142 Å². The topological polar surface area (TPSA) is 35.5 Å². The second-order valence-electron chi connectivity index (χ2n) is 5.89. The van der Waals surface area contributed by atoms with E-state index in [1.807, 2.05) is 18.2 Å². The van der Waals surface area contributed by atoms with Crippen molar-refractivity contribution >= 4 is 17.6 Å². The minimum atomic E-state index is -0.322. The maximum atomic E-state index is 11.0. The van der Waals surface area contributed by atoms with E-state index in [9.17, 15) is 4.79 Å². The van der Waals surface area contributed by atoms with E-state index in [-0.39, 0.29) is 12.1 Å². The molecule has 1 aliphatic heterocycles. The van der Waals surface area contributed by atoms with Gasteiger partial charge in [-0.15, -0.1) is 6.58 Å². The molecule has 1 aliphatic rings. The molecule has 3 heteroatoms. The average Bonchev–Trinajstić information content (AvgIpc) is 2.55. The molecule has 3 nitrogen and oxygen atoms in total. The van der Waals surface area contributed by atoms with Crippen LogP contribution in [0.1, 0.15) is 30.0 Å². The van der Waals surface area contributed by atoms with Gasteiger partial charge >= 0.3 is 5.97 Å². The number of hydrogen-bond donors (Lipinski definition) is 0. The SMILES string of the molecule is C=CCC1Oc2cc(C)ccc2C=C1c1ccc(OC(C)=O)cc1. The number of benzene rings is 2. The Morgan fingerprint density at radius 2 is 2.00 bits per heavy atom. The third kappa shape index (κ3) is 3.40. The van der Waals surface area contributed by atoms with Gasteiger partial charge in [0.1, 0.15) is 17.6 Å². The van der Waals surface area contributed by atoms with Gasteiger partial charge in [-0.05, 0) is 42.3 Å². The van der Waals surface area contributed by atoms with Crippen LogP contribution in [-0.2, 0) is 4.79 Å². The Morgan fingerprint density at radius 3 is 2.67 bits per heavy atom. The molecule has 1 unspecified atom stereocenters. The first-order chi connectivity index (χ1) is 11.6. The van der Waals surface area contributed by atoms with Gasteiger partial charge in [-0.25, -0.2) is 0 Å². The second-order valence-corrected chi connectivity index (χ2v) is 5.89. The lowest BCUT2D eigenvalue weighted by Gasteiger charge is -2.27. The predicted molar refractivity (Wildman–Crippen MR) is 96.0 cm³/mol. The van der Waals surface area contributed by atoms with Crippen LogP contribution in [0.15, 0.2) is 55.1 Å². The molecule has 0 bridgehead atoms. The number of carbonyl (C=O) groups is 1. The molecule has 0 saturated heterocycles. The van der Waals surface area contributed by atoms with Gasteiger partial charge in [0.2, 0.25) is 0 Å². The van der Waals surface area contributed by atoms with E-state index in [1.165, 1.54) is 12.5 Å². The Morgan fingerprint density at radius 1 is 1.25 bits per heavy atom. The van der Waals surface area contributed by atoms with Crippen LogP contribution in [0.2, 0.25) is 0 Å². The number of hydrogen-bond acceptors (Lipinski definition) is 3. The van der Waals surface area contributed by atoms with Crippen LogP contribution >= 0.6 is 0 Å². The molecule has 2 aromatic rings. The summed E-state index contributed by atoms with van der Waals surface area (Å²) in [6.07, 6.45) is 4.68. The number of carbonyl (C=O) groups excluding carboxylic acids is 1. The van der Waals surface area contributed by atoms with E-state index in [4.69, 9.17) is 9.47 Å². The summed E-state index contributed by atoms with van der Waals surface area (Å²) in [5, 5.41) is 0. The first-order valence-electron chi connectivity index (χ1n) is 7.95. The smallest absolute Gasteiger partial charge is 0.308 e. The van der Waals surface area contributed by atoms with Crippen molar-refractivity contribution < 1.29 is 14.3 Å². The van der Waals surface area contributed by atoms with Crippen molar-refractivity contribution in [1.82, 2.24) is 0 Å². The predicted octanol–water partition coefficient (Wildman–Crippen LogP) is 4.80. The standard InChI is InChI=1S/C21H20O3/c1-4-5-20-19(13-17-7-6-14(2)12-21(17)24-20)16-8-10-18(11-9-16)23-15(3)22/h4,6-13,20H,1,5H2,2-3H3. The third-order valence-electron chi connectivity index (χ3n) is 3.93. The van der Waals surface area contributed by atoms with Crippen molar-refractivity contribution in [2.75, 3.05) is 0 Å². The Bertz CT molecular complexity index is 800. The van der Waals surface area contributed by atoms with Crippen molar-refractivity contribution in [3.8, 4) is 11.5 Å². The summed E-state index contributed by atoms with van der Waals surface area (Å²) in [7, 11) is 0. The van der Waals surface area contributed by atoms with Crippen LogP contribution in [0.5, 0.6) is 11.5 Å². The molecule has 2 aromatic carbocycles. The molecule has 24 heavy (non-hydrogen) atoms. The van der Waals surface area contributed by atoms with E-state index in [0.717, 1.165) is 28.9 Å². The maximum absolute atomic E-state index is 11.0. The summed E-state index contributed by atoms with van der Waals surface area (Å²) in [5.74, 6) is 1.12.